The fourth-order valence-corrected chi connectivity index (χ4v) is 4.44. The highest BCUT2D eigenvalue weighted by Crippen LogP contribution is 2.24. The van der Waals surface area contributed by atoms with E-state index in [-0.39, 0.29) is 16.7 Å². The lowest BCUT2D eigenvalue weighted by molar-refractivity contribution is -0.136. The maximum Gasteiger partial charge on any atom is 0.308 e. The van der Waals surface area contributed by atoms with Gasteiger partial charge in [0.1, 0.15) is 4.21 Å². The first-order valence-electron chi connectivity index (χ1n) is 6.26. The van der Waals surface area contributed by atoms with Crippen molar-refractivity contribution in [1.82, 2.24) is 4.72 Å². The summed E-state index contributed by atoms with van der Waals surface area (Å²) in [7, 11) is -3.65. The molecule has 0 aliphatic rings. The molecule has 0 fully saturated rings. The van der Waals surface area contributed by atoms with Crippen molar-refractivity contribution in [2.24, 2.45) is 0 Å². The largest absolute Gasteiger partial charge is 0.481 e. The van der Waals surface area contributed by atoms with Crippen molar-refractivity contribution in [2.45, 2.75) is 23.6 Å². The van der Waals surface area contributed by atoms with Crippen LogP contribution in [-0.2, 0) is 21.2 Å². The third-order valence-electron chi connectivity index (χ3n) is 2.86. The third kappa shape index (κ3) is 4.13. The molecule has 2 aromatic rings. The minimum Gasteiger partial charge on any atom is -0.481 e. The van der Waals surface area contributed by atoms with E-state index in [0.717, 1.165) is 16.9 Å². The smallest absolute Gasteiger partial charge is 0.308 e. The molecule has 0 aliphatic heterocycles. The number of aliphatic carboxylic acids is 1. The summed E-state index contributed by atoms with van der Waals surface area (Å²) in [6, 6.07) is 11.8. The SMILES string of the molecule is CC(NS(=O)(=O)c1ccc(CC(=O)O)s1)c1ccccc1. The highest BCUT2D eigenvalue weighted by atomic mass is 32.2. The minimum absolute atomic E-state index is 0.126. The Bertz CT molecular complexity index is 722. The highest BCUT2D eigenvalue weighted by Gasteiger charge is 2.20. The number of carboxylic acids is 1. The van der Waals surface area contributed by atoms with Gasteiger partial charge in [0.05, 0.1) is 6.42 Å². The minimum atomic E-state index is -3.65. The molecular formula is C14H15NO4S2. The fraction of sp³-hybridized carbons (Fsp3) is 0.214. The third-order valence-corrected chi connectivity index (χ3v) is 5.98. The number of thiophene rings is 1. The van der Waals surface area contributed by atoms with E-state index in [0.29, 0.717) is 4.88 Å². The van der Waals surface area contributed by atoms with Gasteiger partial charge < -0.3 is 5.11 Å². The van der Waals surface area contributed by atoms with Crippen molar-refractivity contribution < 1.29 is 18.3 Å². The number of rotatable bonds is 6. The van der Waals surface area contributed by atoms with Gasteiger partial charge in [-0.3, -0.25) is 4.79 Å². The van der Waals surface area contributed by atoms with Gasteiger partial charge in [0.15, 0.2) is 0 Å². The van der Waals surface area contributed by atoms with Crippen LogP contribution in [0.5, 0.6) is 0 Å². The van der Waals surface area contributed by atoms with Gasteiger partial charge in [-0.25, -0.2) is 13.1 Å². The van der Waals surface area contributed by atoms with E-state index in [1.807, 2.05) is 30.3 Å². The average Bonchev–Trinajstić information content (AvgIpc) is 2.88. The molecular weight excluding hydrogens is 310 g/mol. The Hall–Kier alpha value is -1.70. The Morgan fingerprint density at radius 2 is 1.90 bits per heavy atom. The van der Waals surface area contributed by atoms with Crippen LogP contribution in [0.3, 0.4) is 0 Å². The van der Waals surface area contributed by atoms with E-state index in [1.54, 1.807) is 6.92 Å². The van der Waals surface area contributed by atoms with E-state index in [9.17, 15) is 13.2 Å². The molecule has 0 aliphatic carbocycles. The molecule has 0 radical (unpaired) electrons. The first-order valence-corrected chi connectivity index (χ1v) is 8.56. The first kappa shape index (κ1) is 15.7. The topological polar surface area (TPSA) is 83.5 Å². The van der Waals surface area contributed by atoms with Gasteiger partial charge in [0, 0.05) is 10.9 Å². The Morgan fingerprint density at radius 1 is 1.24 bits per heavy atom. The summed E-state index contributed by atoms with van der Waals surface area (Å²) in [5.74, 6) is -0.980. The number of sulfonamides is 1. The molecule has 0 bridgehead atoms. The molecule has 1 unspecified atom stereocenters. The zero-order valence-electron chi connectivity index (χ0n) is 11.3. The van der Waals surface area contributed by atoms with Crippen LogP contribution in [0.25, 0.3) is 0 Å². The molecule has 1 heterocycles. The lowest BCUT2D eigenvalue weighted by atomic mass is 10.1. The Balaban J connectivity index is 2.15. The standard InChI is InChI=1S/C14H15NO4S2/c1-10(11-5-3-2-4-6-11)15-21(18,19)14-8-7-12(20-14)9-13(16)17/h2-8,10,15H,9H2,1H3,(H,16,17). The number of benzene rings is 1. The second-order valence-electron chi connectivity index (χ2n) is 4.54. The molecule has 0 saturated heterocycles. The Kier molecular flexibility index (Phi) is 4.76. The number of carboxylic acid groups (broad SMARTS) is 1. The average molecular weight is 325 g/mol. The van der Waals surface area contributed by atoms with Crippen LogP contribution in [0.1, 0.15) is 23.4 Å². The van der Waals surface area contributed by atoms with Gasteiger partial charge in [0.2, 0.25) is 0 Å². The van der Waals surface area contributed by atoms with Crippen LogP contribution in [-0.4, -0.2) is 19.5 Å². The highest BCUT2D eigenvalue weighted by molar-refractivity contribution is 7.91. The second kappa shape index (κ2) is 6.38. The lowest BCUT2D eigenvalue weighted by Crippen LogP contribution is -2.26. The maximum absolute atomic E-state index is 12.3. The van der Waals surface area contributed by atoms with Crippen LogP contribution < -0.4 is 4.72 Å². The van der Waals surface area contributed by atoms with Gasteiger partial charge in [0.25, 0.3) is 10.0 Å². The molecule has 0 saturated carbocycles. The Labute approximate surface area is 127 Å². The van der Waals surface area contributed by atoms with Gasteiger partial charge in [-0.05, 0) is 24.6 Å². The van der Waals surface area contributed by atoms with Crippen LogP contribution >= 0.6 is 11.3 Å². The van der Waals surface area contributed by atoms with Gasteiger partial charge >= 0.3 is 5.97 Å². The second-order valence-corrected chi connectivity index (χ2v) is 7.65. The summed E-state index contributed by atoms with van der Waals surface area (Å²) in [6.45, 7) is 1.76. The molecule has 0 amide bonds. The predicted molar refractivity (Wildman–Crippen MR) is 80.8 cm³/mol. The van der Waals surface area contributed by atoms with Gasteiger partial charge in [-0.2, -0.15) is 0 Å². The summed E-state index contributed by atoms with van der Waals surface area (Å²) in [4.78, 5) is 11.1. The van der Waals surface area contributed by atoms with Crippen molar-refractivity contribution in [3.63, 3.8) is 0 Å². The summed E-state index contributed by atoms with van der Waals surface area (Å²) < 4.78 is 27.3. The normalized spacial score (nSPS) is 13.0. The Morgan fingerprint density at radius 3 is 2.52 bits per heavy atom. The van der Waals surface area contributed by atoms with Crippen LogP contribution in [0.4, 0.5) is 0 Å². The van der Waals surface area contributed by atoms with Crippen molar-refractivity contribution in [2.75, 3.05) is 0 Å². The molecule has 2 rings (SSSR count). The molecule has 1 aromatic carbocycles. The molecule has 7 heteroatoms. The maximum atomic E-state index is 12.3. The van der Waals surface area contributed by atoms with Crippen LogP contribution in [0, 0.1) is 0 Å². The monoisotopic (exact) mass is 325 g/mol. The molecule has 0 spiro atoms. The summed E-state index contributed by atoms with van der Waals surface area (Å²) >= 11 is 0.974. The summed E-state index contributed by atoms with van der Waals surface area (Å²) in [5, 5.41) is 8.71. The van der Waals surface area contributed by atoms with E-state index >= 15 is 0 Å². The van der Waals surface area contributed by atoms with E-state index in [1.165, 1.54) is 12.1 Å². The van der Waals surface area contributed by atoms with Gasteiger partial charge in [-0.1, -0.05) is 30.3 Å². The molecule has 21 heavy (non-hydrogen) atoms. The lowest BCUT2D eigenvalue weighted by Gasteiger charge is -2.13. The van der Waals surface area contributed by atoms with Crippen LogP contribution in [0.2, 0.25) is 0 Å². The van der Waals surface area contributed by atoms with E-state index in [4.69, 9.17) is 5.11 Å². The molecule has 2 N–H and O–H groups in total. The fourth-order valence-electron chi connectivity index (χ4n) is 1.85. The van der Waals surface area contributed by atoms with Crippen LogP contribution in [0.15, 0.2) is 46.7 Å². The quantitative estimate of drug-likeness (QED) is 0.854. The van der Waals surface area contributed by atoms with Crippen molar-refractivity contribution in [3.05, 3.63) is 52.9 Å². The van der Waals surface area contributed by atoms with E-state index < -0.39 is 16.0 Å². The van der Waals surface area contributed by atoms with E-state index in [2.05, 4.69) is 4.72 Å². The molecule has 112 valence electrons. The molecule has 5 nitrogen and oxygen atoms in total. The van der Waals surface area contributed by atoms with Crippen molar-refractivity contribution in [3.8, 4) is 0 Å². The summed E-state index contributed by atoms with van der Waals surface area (Å²) in [6.07, 6.45) is -0.172. The van der Waals surface area contributed by atoms with Crippen molar-refractivity contribution >= 4 is 27.3 Å². The number of hydrogen-bond donors (Lipinski definition) is 2. The zero-order chi connectivity index (χ0) is 15.5. The predicted octanol–water partition coefficient (Wildman–Crippen LogP) is 2.41. The van der Waals surface area contributed by atoms with Crippen molar-refractivity contribution in [1.29, 1.82) is 0 Å². The number of nitrogens with one attached hydrogen (secondary N) is 1. The number of hydrogen-bond acceptors (Lipinski definition) is 4. The first-order chi connectivity index (χ1) is 9.88. The number of carbonyl (C=O) groups is 1. The summed E-state index contributed by atoms with van der Waals surface area (Å²) in [5.41, 5.74) is 0.864. The molecule has 1 aromatic heterocycles. The molecule has 1 atom stereocenters. The zero-order valence-corrected chi connectivity index (χ0v) is 12.9. The van der Waals surface area contributed by atoms with Gasteiger partial charge in [-0.15, -0.1) is 11.3 Å².